The van der Waals surface area contributed by atoms with Crippen molar-refractivity contribution in [1.82, 2.24) is 20.1 Å². The van der Waals surface area contributed by atoms with Crippen LogP contribution in [0.5, 0.6) is 0 Å². The standard InChI is InChI=1S/C23H35ClN4.C6H7N/c1-6-8-11-26-23(18(3)19(4)28-15-12-25-13-16-28)21(9-7-2)22-17-20(24)10-14-27(22)5;1-6-4-2-3-5-7-6/h8-11,17,25H,6-7,12-16H2,1-5H3;2-5H,1H3/b11-8+,19-18+,21-9-,26-23+;. The van der Waals surface area contributed by atoms with E-state index in [1.165, 1.54) is 11.3 Å². The summed E-state index contributed by atoms with van der Waals surface area (Å²) in [4.78, 5) is 13.6. The predicted octanol–water partition coefficient (Wildman–Crippen LogP) is 6.23. The summed E-state index contributed by atoms with van der Waals surface area (Å²) in [6.45, 7) is 15.6. The first-order chi connectivity index (χ1) is 16.9. The number of pyridine rings is 1. The monoisotopic (exact) mass is 495 g/mol. The van der Waals surface area contributed by atoms with E-state index in [0.29, 0.717) is 0 Å². The van der Waals surface area contributed by atoms with Crippen LogP contribution >= 0.6 is 11.6 Å². The fraction of sp³-hybridized carbons (Fsp3) is 0.448. The van der Waals surface area contributed by atoms with Crippen LogP contribution in [-0.2, 0) is 0 Å². The van der Waals surface area contributed by atoms with E-state index in [0.717, 1.165) is 73.3 Å². The number of halogens is 1. The smallest absolute Gasteiger partial charge is 0.0765 e. The van der Waals surface area contributed by atoms with Gasteiger partial charge in [0.2, 0.25) is 0 Å². The summed E-state index contributed by atoms with van der Waals surface area (Å²) in [6, 6.07) is 5.86. The quantitative estimate of drug-likeness (QED) is 0.455. The lowest BCUT2D eigenvalue weighted by molar-refractivity contribution is 0.298. The first kappa shape index (κ1) is 28.6. The Bertz CT molecular complexity index is 980. The van der Waals surface area contributed by atoms with Crippen molar-refractivity contribution in [3.63, 3.8) is 0 Å². The molecule has 0 spiro atoms. The van der Waals surface area contributed by atoms with Gasteiger partial charge in [0.25, 0.3) is 0 Å². The molecule has 0 unspecified atom stereocenters. The number of aromatic nitrogens is 1. The van der Waals surface area contributed by atoms with E-state index in [2.05, 4.69) is 73.1 Å². The van der Waals surface area contributed by atoms with Crippen molar-refractivity contribution in [3.8, 4) is 0 Å². The zero-order valence-electron chi connectivity index (χ0n) is 22.3. The number of aryl methyl sites for hydroxylation is 1. The Hall–Kier alpha value is -2.63. The van der Waals surface area contributed by atoms with Gasteiger partial charge in [0, 0.05) is 79.9 Å². The van der Waals surface area contributed by atoms with Crippen LogP contribution < -0.4 is 5.32 Å². The van der Waals surface area contributed by atoms with Gasteiger partial charge in [-0.3, -0.25) is 9.98 Å². The van der Waals surface area contributed by atoms with Crippen LogP contribution in [0.2, 0.25) is 0 Å². The maximum Gasteiger partial charge on any atom is 0.0765 e. The zero-order chi connectivity index (χ0) is 25.6. The van der Waals surface area contributed by atoms with Crippen molar-refractivity contribution < 1.29 is 0 Å². The summed E-state index contributed by atoms with van der Waals surface area (Å²) in [7, 11) is 2.11. The van der Waals surface area contributed by atoms with Gasteiger partial charge in [-0.1, -0.05) is 43.7 Å². The second-order valence-electron chi connectivity index (χ2n) is 8.71. The van der Waals surface area contributed by atoms with E-state index >= 15 is 0 Å². The van der Waals surface area contributed by atoms with Gasteiger partial charge in [-0.15, -0.1) is 0 Å². The predicted molar refractivity (Wildman–Crippen MR) is 152 cm³/mol. The van der Waals surface area contributed by atoms with Crippen molar-refractivity contribution in [2.24, 2.45) is 4.99 Å². The summed E-state index contributed by atoms with van der Waals surface area (Å²) in [5.74, 6) is 0. The number of hydrogen-bond donors (Lipinski definition) is 1. The number of likely N-dealkylation sites (N-methyl/N-ethyl adjacent to an activating group) is 1. The Morgan fingerprint density at radius 1 is 1.17 bits per heavy atom. The summed E-state index contributed by atoms with van der Waals surface area (Å²) < 4.78 is 0. The molecule has 0 amide bonds. The van der Waals surface area contributed by atoms with Crippen LogP contribution in [0.15, 0.2) is 87.5 Å². The average Bonchev–Trinajstić information content (AvgIpc) is 2.88. The van der Waals surface area contributed by atoms with Gasteiger partial charge in [-0.2, -0.15) is 0 Å². The topological polar surface area (TPSA) is 43.8 Å². The number of hydrogen-bond acceptors (Lipinski definition) is 5. The van der Waals surface area contributed by atoms with E-state index in [4.69, 9.17) is 16.6 Å². The highest BCUT2D eigenvalue weighted by Gasteiger charge is 2.22. The molecule has 1 fully saturated rings. The fourth-order valence-electron chi connectivity index (χ4n) is 3.89. The molecule has 0 aliphatic carbocycles. The SMILES string of the molecule is CC/C=C(/C1=CC(Cl)=CCN1C)C(=N/C=C/CC)/C(C)=C(\C)N1CCNCC1.Cc1ccccn1. The highest BCUT2D eigenvalue weighted by atomic mass is 35.5. The minimum atomic E-state index is 0.791. The lowest BCUT2D eigenvalue weighted by Gasteiger charge is -2.32. The summed E-state index contributed by atoms with van der Waals surface area (Å²) in [5, 5.41) is 4.22. The van der Waals surface area contributed by atoms with Gasteiger partial charge in [-0.05, 0) is 63.5 Å². The third-order valence-electron chi connectivity index (χ3n) is 6.03. The number of rotatable bonds is 7. The largest absolute Gasteiger partial charge is 0.372 e. The van der Waals surface area contributed by atoms with Gasteiger partial charge >= 0.3 is 0 Å². The molecule has 2 aliphatic rings. The molecule has 1 aromatic rings. The molecule has 1 N–H and O–H groups in total. The second kappa shape index (κ2) is 15.4. The van der Waals surface area contributed by atoms with Crippen LogP contribution in [0.3, 0.4) is 0 Å². The minimum absolute atomic E-state index is 0.791. The molecule has 0 aromatic carbocycles. The van der Waals surface area contributed by atoms with Crippen LogP contribution in [0.4, 0.5) is 0 Å². The number of nitrogens with one attached hydrogen (secondary N) is 1. The third kappa shape index (κ3) is 9.15. The van der Waals surface area contributed by atoms with E-state index in [1.54, 1.807) is 6.20 Å². The van der Waals surface area contributed by atoms with Crippen LogP contribution in [0.1, 0.15) is 46.2 Å². The maximum atomic E-state index is 6.37. The minimum Gasteiger partial charge on any atom is -0.372 e. The number of piperazine rings is 1. The molecular weight excluding hydrogens is 454 g/mol. The van der Waals surface area contributed by atoms with Crippen molar-refractivity contribution in [2.75, 3.05) is 39.8 Å². The molecule has 5 nitrogen and oxygen atoms in total. The molecule has 1 aromatic heterocycles. The Labute approximate surface area is 217 Å². The third-order valence-corrected chi connectivity index (χ3v) is 6.30. The molecule has 0 atom stereocenters. The molecule has 35 heavy (non-hydrogen) atoms. The normalized spacial score (nSPS) is 18.0. The first-order valence-corrected chi connectivity index (χ1v) is 13.0. The molecule has 3 rings (SSSR count). The Balaban J connectivity index is 0.000000527. The van der Waals surface area contributed by atoms with Crippen molar-refractivity contribution in [2.45, 2.75) is 47.5 Å². The van der Waals surface area contributed by atoms with Crippen molar-refractivity contribution in [1.29, 1.82) is 0 Å². The lowest BCUT2D eigenvalue weighted by Crippen LogP contribution is -2.43. The molecule has 3 heterocycles. The van der Waals surface area contributed by atoms with E-state index < -0.39 is 0 Å². The Morgan fingerprint density at radius 2 is 1.91 bits per heavy atom. The molecule has 1 saturated heterocycles. The molecule has 0 saturated carbocycles. The van der Waals surface area contributed by atoms with Gasteiger partial charge in [-0.25, -0.2) is 0 Å². The first-order valence-electron chi connectivity index (χ1n) is 12.6. The summed E-state index contributed by atoms with van der Waals surface area (Å²) >= 11 is 6.37. The van der Waals surface area contributed by atoms with Gasteiger partial charge in [0.1, 0.15) is 0 Å². The highest BCUT2D eigenvalue weighted by Crippen LogP contribution is 2.28. The molecular formula is C29H42ClN5. The summed E-state index contributed by atoms with van der Waals surface area (Å²) in [6.07, 6.45) is 14.1. The average molecular weight is 496 g/mol. The van der Waals surface area contributed by atoms with Gasteiger partial charge < -0.3 is 15.1 Å². The number of nitrogens with zero attached hydrogens (tertiary/aromatic N) is 4. The molecule has 2 aliphatic heterocycles. The molecule has 0 radical (unpaired) electrons. The maximum absolute atomic E-state index is 6.37. The molecule has 0 bridgehead atoms. The van der Waals surface area contributed by atoms with Gasteiger partial charge in [0.05, 0.1) is 5.71 Å². The zero-order valence-corrected chi connectivity index (χ0v) is 23.1. The van der Waals surface area contributed by atoms with Crippen LogP contribution in [-0.4, -0.2) is 60.3 Å². The van der Waals surface area contributed by atoms with Crippen molar-refractivity contribution in [3.05, 3.63) is 88.2 Å². The molecule has 6 heteroatoms. The molecule has 190 valence electrons. The fourth-order valence-corrected chi connectivity index (χ4v) is 4.06. The second-order valence-corrected chi connectivity index (χ2v) is 9.15. The van der Waals surface area contributed by atoms with Gasteiger partial charge in [0.15, 0.2) is 0 Å². The summed E-state index contributed by atoms with van der Waals surface area (Å²) in [5.41, 5.74) is 6.92. The van der Waals surface area contributed by atoms with E-state index in [9.17, 15) is 0 Å². The highest BCUT2D eigenvalue weighted by molar-refractivity contribution is 6.31. The number of aliphatic imine (C=N–C) groups is 1. The Morgan fingerprint density at radius 3 is 2.49 bits per heavy atom. The van der Waals surface area contributed by atoms with E-state index in [-0.39, 0.29) is 0 Å². The lowest BCUT2D eigenvalue weighted by atomic mass is 9.95. The number of allylic oxidation sites excluding steroid dienone is 7. The van der Waals surface area contributed by atoms with E-state index in [1.807, 2.05) is 37.4 Å². The van der Waals surface area contributed by atoms with Crippen molar-refractivity contribution >= 4 is 17.3 Å². The van der Waals surface area contributed by atoms with Crippen LogP contribution in [0.25, 0.3) is 0 Å². The van der Waals surface area contributed by atoms with Crippen LogP contribution in [0, 0.1) is 6.92 Å². The Kier molecular flexibility index (Phi) is 12.6.